The molecule has 0 radical (unpaired) electrons. The highest BCUT2D eigenvalue weighted by Crippen LogP contribution is 2.21. The third-order valence-electron chi connectivity index (χ3n) is 3.64. The van der Waals surface area contributed by atoms with Crippen LogP contribution in [-0.2, 0) is 4.79 Å². The van der Waals surface area contributed by atoms with E-state index in [-0.39, 0.29) is 12.5 Å². The minimum absolute atomic E-state index is 0.0687. The van der Waals surface area contributed by atoms with Crippen molar-refractivity contribution in [1.29, 1.82) is 0 Å². The van der Waals surface area contributed by atoms with Crippen LogP contribution in [0.3, 0.4) is 0 Å². The largest absolute Gasteiger partial charge is 0.497 e. The maximum absolute atomic E-state index is 12.2. The smallest absolute Gasteiger partial charge is 0.260 e. The van der Waals surface area contributed by atoms with Crippen LogP contribution in [0.25, 0.3) is 0 Å². The number of ether oxygens (including phenoxy) is 2. The predicted molar refractivity (Wildman–Crippen MR) is 78.0 cm³/mol. The highest BCUT2D eigenvalue weighted by molar-refractivity contribution is 5.77. The summed E-state index contributed by atoms with van der Waals surface area (Å²) in [5.41, 5.74) is 0. The minimum atomic E-state index is 0.0687. The summed E-state index contributed by atoms with van der Waals surface area (Å²) >= 11 is 0. The van der Waals surface area contributed by atoms with Crippen molar-refractivity contribution in [3.05, 3.63) is 24.3 Å². The first kappa shape index (κ1) is 14.7. The van der Waals surface area contributed by atoms with Crippen molar-refractivity contribution in [3.8, 4) is 11.5 Å². The van der Waals surface area contributed by atoms with Crippen molar-refractivity contribution in [1.82, 2.24) is 4.90 Å². The summed E-state index contributed by atoms with van der Waals surface area (Å²) in [5, 5.41) is 0. The van der Waals surface area contributed by atoms with Gasteiger partial charge in [0.1, 0.15) is 11.5 Å². The lowest BCUT2D eigenvalue weighted by atomic mass is 9.92. The first-order valence-electron chi connectivity index (χ1n) is 7.13. The van der Waals surface area contributed by atoms with Gasteiger partial charge in [-0.05, 0) is 42.5 Å². The fraction of sp³-hybridized carbons (Fsp3) is 0.562. The molecular formula is C16H23NO3. The van der Waals surface area contributed by atoms with Crippen molar-refractivity contribution in [2.24, 2.45) is 11.8 Å². The van der Waals surface area contributed by atoms with Gasteiger partial charge in [0.25, 0.3) is 5.91 Å². The van der Waals surface area contributed by atoms with Crippen molar-refractivity contribution < 1.29 is 14.3 Å². The molecule has 1 saturated heterocycles. The molecular weight excluding hydrogens is 254 g/mol. The first-order chi connectivity index (χ1) is 9.58. The molecule has 0 unspecified atom stereocenters. The lowest BCUT2D eigenvalue weighted by Crippen LogP contribution is -2.44. The molecule has 20 heavy (non-hydrogen) atoms. The Labute approximate surface area is 120 Å². The van der Waals surface area contributed by atoms with Gasteiger partial charge >= 0.3 is 0 Å². The molecule has 4 nitrogen and oxygen atoms in total. The molecule has 1 aromatic rings. The molecule has 0 aliphatic carbocycles. The topological polar surface area (TPSA) is 38.8 Å². The van der Waals surface area contributed by atoms with E-state index < -0.39 is 0 Å². The van der Waals surface area contributed by atoms with Gasteiger partial charge in [-0.1, -0.05) is 13.8 Å². The number of methoxy groups -OCH3 is 1. The average Bonchev–Trinajstić information content (AvgIpc) is 2.44. The maximum atomic E-state index is 12.2. The van der Waals surface area contributed by atoms with Crippen LogP contribution in [0.2, 0.25) is 0 Å². The summed E-state index contributed by atoms with van der Waals surface area (Å²) in [6, 6.07) is 7.27. The fourth-order valence-corrected chi connectivity index (χ4v) is 2.77. The molecule has 1 amide bonds. The molecule has 2 atom stereocenters. The highest BCUT2D eigenvalue weighted by Gasteiger charge is 2.25. The molecule has 0 saturated carbocycles. The number of carbonyl (C=O) groups excluding carboxylic acids is 1. The first-order valence-corrected chi connectivity index (χ1v) is 7.13. The molecule has 0 aromatic heterocycles. The van der Waals surface area contributed by atoms with E-state index in [9.17, 15) is 4.79 Å². The standard InChI is InChI=1S/C16H23NO3/c1-12-8-13(2)10-17(9-12)16(18)11-20-15-6-4-14(19-3)5-7-15/h4-7,12-13H,8-11H2,1-3H3/t12-,13+. The Balaban J connectivity index is 1.84. The zero-order chi connectivity index (χ0) is 14.5. The molecule has 1 aliphatic rings. The summed E-state index contributed by atoms with van der Waals surface area (Å²) in [7, 11) is 1.62. The zero-order valence-electron chi connectivity index (χ0n) is 12.5. The fourth-order valence-electron chi connectivity index (χ4n) is 2.77. The van der Waals surface area contributed by atoms with Crippen LogP contribution in [0.1, 0.15) is 20.3 Å². The van der Waals surface area contributed by atoms with Gasteiger partial charge in [0.05, 0.1) is 7.11 Å². The van der Waals surface area contributed by atoms with Gasteiger partial charge in [0.15, 0.2) is 6.61 Å². The van der Waals surface area contributed by atoms with E-state index in [0.717, 1.165) is 18.8 Å². The van der Waals surface area contributed by atoms with Gasteiger partial charge in [0, 0.05) is 13.1 Å². The van der Waals surface area contributed by atoms with Gasteiger partial charge in [0.2, 0.25) is 0 Å². The second-order valence-corrected chi connectivity index (χ2v) is 5.71. The molecule has 1 fully saturated rings. The predicted octanol–water partition coefficient (Wildman–Crippen LogP) is 2.58. The van der Waals surface area contributed by atoms with E-state index >= 15 is 0 Å². The molecule has 0 bridgehead atoms. The van der Waals surface area contributed by atoms with Crippen molar-refractivity contribution >= 4 is 5.91 Å². The second-order valence-electron chi connectivity index (χ2n) is 5.71. The van der Waals surface area contributed by atoms with Gasteiger partial charge in [-0.25, -0.2) is 0 Å². The minimum Gasteiger partial charge on any atom is -0.497 e. The van der Waals surface area contributed by atoms with E-state index in [4.69, 9.17) is 9.47 Å². The van der Waals surface area contributed by atoms with Crippen molar-refractivity contribution in [2.75, 3.05) is 26.8 Å². The maximum Gasteiger partial charge on any atom is 0.260 e. The molecule has 2 rings (SSSR count). The molecule has 0 spiro atoms. The number of likely N-dealkylation sites (tertiary alicyclic amines) is 1. The lowest BCUT2D eigenvalue weighted by molar-refractivity contribution is -0.136. The van der Waals surface area contributed by atoms with E-state index in [1.807, 2.05) is 29.2 Å². The van der Waals surface area contributed by atoms with Crippen LogP contribution in [0.5, 0.6) is 11.5 Å². The third-order valence-corrected chi connectivity index (χ3v) is 3.64. The van der Waals surface area contributed by atoms with Crippen molar-refractivity contribution in [3.63, 3.8) is 0 Å². The number of piperidine rings is 1. The Kier molecular flexibility index (Phi) is 4.88. The van der Waals surface area contributed by atoms with Crippen LogP contribution in [0, 0.1) is 11.8 Å². The van der Waals surface area contributed by atoms with Crippen LogP contribution >= 0.6 is 0 Å². The Hall–Kier alpha value is -1.71. The summed E-state index contributed by atoms with van der Waals surface area (Å²) < 4.78 is 10.6. The molecule has 1 aliphatic heterocycles. The number of nitrogens with zero attached hydrogens (tertiary/aromatic N) is 1. The van der Waals surface area contributed by atoms with Gasteiger partial charge in [-0.15, -0.1) is 0 Å². The molecule has 1 heterocycles. The molecule has 0 N–H and O–H groups in total. The SMILES string of the molecule is COc1ccc(OCC(=O)N2C[C@H](C)C[C@H](C)C2)cc1. The Morgan fingerprint density at radius 2 is 1.70 bits per heavy atom. The van der Waals surface area contributed by atoms with Gasteiger partial charge < -0.3 is 14.4 Å². The Morgan fingerprint density at radius 3 is 2.25 bits per heavy atom. The van der Waals surface area contributed by atoms with Crippen LogP contribution in [0.15, 0.2) is 24.3 Å². The van der Waals surface area contributed by atoms with E-state index in [1.165, 1.54) is 6.42 Å². The second kappa shape index (κ2) is 6.64. The summed E-state index contributed by atoms with van der Waals surface area (Å²) in [5.74, 6) is 2.69. The average molecular weight is 277 g/mol. The quantitative estimate of drug-likeness (QED) is 0.849. The number of benzene rings is 1. The molecule has 110 valence electrons. The molecule has 4 heteroatoms. The Morgan fingerprint density at radius 1 is 1.15 bits per heavy atom. The molecule has 1 aromatic carbocycles. The highest BCUT2D eigenvalue weighted by atomic mass is 16.5. The van der Waals surface area contributed by atoms with Crippen LogP contribution in [0.4, 0.5) is 0 Å². The van der Waals surface area contributed by atoms with Crippen molar-refractivity contribution in [2.45, 2.75) is 20.3 Å². The zero-order valence-corrected chi connectivity index (χ0v) is 12.5. The third kappa shape index (κ3) is 3.89. The summed E-state index contributed by atoms with van der Waals surface area (Å²) in [4.78, 5) is 14.1. The van der Waals surface area contributed by atoms with E-state index in [1.54, 1.807) is 7.11 Å². The van der Waals surface area contributed by atoms with Gasteiger partial charge in [-0.3, -0.25) is 4.79 Å². The van der Waals surface area contributed by atoms with E-state index in [2.05, 4.69) is 13.8 Å². The van der Waals surface area contributed by atoms with Crippen LogP contribution in [-0.4, -0.2) is 37.6 Å². The van der Waals surface area contributed by atoms with E-state index in [0.29, 0.717) is 17.6 Å². The summed E-state index contributed by atoms with van der Waals surface area (Å²) in [6.07, 6.45) is 1.20. The monoisotopic (exact) mass is 277 g/mol. The number of hydrogen-bond donors (Lipinski definition) is 0. The summed E-state index contributed by atoms with van der Waals surface area (Å²) in [6.45, 7) is 6.18. The van der Waals surface area contributed by atoms with Crippen LogP contribution < -0.4 is 9.47 Å². The lowest BCUT2D eigenvalue weighted by Gasteiger charge is -2.34. The number of carbonyl (C=O) groups is 1. The number of hydrogen-bond acceptors (Lipinski definition) is 3. The number of rotatable bonds is 4. The number of amides is 1. The Bertz CT molecular complexity index is 434. The van der Waals surface area contributed by atoms with Gasteiger partial charge in [-0.2, -0.15) is 0 Å². The normalized spacial score (nSPS) is 22.4.